The van der Waals surface area contributed by atoms with Crippen LogP contribution in [0.5, 0.6) is 0 Å². The van der Waals surface area contributed by atoms with Gasteiger partial charge in [-0.3, -0.25) is 4.90 Å². The summed E-state index contributed by atoms with van der Waals surface area (Å²) in [6.07, 6.45) is 0. The first-order valence-corrected chi connectivity index (χ1v) is 12.3. The number of nitrogens with zero attached hydrogens (tertiary/aromatic N) is 2. The summed E-state index contributed by atoms with van der Waals surface area (Å²) in [5, 5.41) is 0.475. The second-order valence-corrected chi connectivity index (χ2v) is 10.3. The van der Waals surface area contributed by atoms with E-state index >= 15 is 0 Å². The van der Waals surface area contributed by atoms with Crippen molar-refractivity contribution in [1.29, 1.82) is 0 Å². The van der Waals surface area contributed by atoms with Crippen LogP contribution in [0.1, 0.15) is 28.3 Å². The van der Waals surface area contributed by atoms with Crippen LogP contribution >= 0.6 is 11.6 Å². The summed E-state index contributed by atoms with van der Waals surface area (Å²) < 4.78 is 28.1. The highest BCUT2D eigenvalue weighted by atomic mass is 35.5. The van der Waals surface area contributed by atoms with Crippen molar-refractivity contribution >= 4 is 21.6 Å². The summed E-state index contributed by atoms with van der Waals surface area (Å²) in [6.45, 7) is 6.06. The minimum absolute atomic E-state index is 0.0968. The van der Waals surface area contributed by atoms with Crippen molar-refractivity contribution in [3.8, 4) is 0 Å². The van der Waals surface area contributed by atoms with Gasteiger partial charge in [0, 0.05) is 31.2 Å². The zero-order chi connectivity index (χ0) is 22.0. The first-order chi connectivity index (χ1) is 14.9. The van der Waals surface area contributed by atoms with Crippen molar-refractivity contribution in [2.24, 2.45) is 0 Å². The monoisotopic (exact) mass is 454 g/mol. The molecular weight excluding hydrogens is 428 g/mol. The van der Waals surface area contributed by atoms with Crippen LogP contribution in [-0.4, -0.2) is 43.8 Å². The zero-order valence-electron chi connectivity index (χ0n) is 17.8. The Balaban J connectivity index is 1.58. The number of halogens is 1. The molecule has 3 aromatic rings. The van der Waals surface area contributed by atoms with Crippen molar-refractivity contribution in [2.45, 2.75) is 24.8 Å². The largest absolute Gasteiger partial charge is 0.290 e. The van der Waals surface area contributed by atoms with E-state index in [0.29, 0.717) is 41.7 Å². The number of sulfonamides is 1. The number of hydrogen-bond acceptors (Lipinski definition) is 3. The minimum atomic E-state index is -3.58. The predicted octanol–water partition coefficient (Wildman–Crippen LogP) is 5.05. The molecule has 3 aromatic carbocycles. The number of aryl methyl sites for hydroxylation is 1. The molecule has 31 heavy (non-hydrogen) atoms. The molecule has 0 aromatic heterocycles. The molecule has 0 spiro atoms. The lowest BCUT2D eigenvalue weighted by atomic mass is 9.96. The number of hydrogen-bond donors (Lipinski definition) is 0. The van der Waals surface area contributed by atoms with E-state index < -0.39 is 10.0 Å². The summed E-state index contributed by atoms with van der Waals surface area (Å²) in [6, 6.07) is 24.2. The van der Waals surface area contributed by atoms with Gasteiger partial charge in [0.25, 0.3) is 0 Å². The molecule has 0 saturated carbocycles. The van der Waals surface area contributed by atoms with Crippen LogP contribution in [0.15, 0.2) is 77.7 Å². The smallest absolute Gasteiger partial charge is 0.243 e. The Morgan fingerprint density at radius 2 is 1.39 bits per heavy atom. The van der Waals surface area contributed by atoms with Crippen molar-refractivity contribution in [1.82, 2.24) is 9.21 Å². The van der Waals surface area contributed by atoms with E-state index in [9.17, 15) is 8.42 Å². The minimum Gasteiger partial charge on any atom is -0.290 e. The molecule has 0 amide bonds. The van der Waals surface area contributed by atoms with Gasteiger partial charge in [0.15, 0.2) is 0 Å². The highest BCUT2D eigenvalue weighted by molar-refractivity contribution is 7.89. The highest BCUT2D eigenvalue weighted by Crippen LogP contribution is 2.31. The molecule has 6 heteroatoms. The molecule has 4 nitrogen and oxygen atoms in total. The fraction of sp³-hybridized carbons (Fsp3) is 0.280. The fourth-order valence-electron chi connectivity index (χ4n) is 4.21. The van der Waals surface area contributed by atoms with Gasteiger partial charge in [0.1, 0.15) is 0 Å². The first kappa shape index (κ1) is 22.0. The Kier molecular flexibility index (Phi) is 6.49. The van der Waals surface area contributed by atoms with Crippen LogP contribution in [0.3, 0.4) is 0 Å². The second-order valence-electron chi connectivity index (χ2n) is 8.03. The molecule has 1 aliphatic rings. The molecule has 1 unspecified atom stereocenters. The van der Waals surface area contributed by atoms with Gasteiger partial charge < -0.3 is 0 Å². The summed E-state index contributed by atoms with van der Waals surface area (Å²) in [4.78, 5) is 2.67. The van der Waals surface area contributed by atoms with E-state index in [-0.39, 0.29) is 6.04 Å². The van der Waals surface area contributed by atoms with E-state index in [1.54, 1.807) is 29.4 Å². The van der Waals surface area contributed by atoms with E-state index in [1.807, 2.05) is 6.07 Å². The second kappa shape index (κ2) is 9.13. The average molecular weight is 455 g/mol. The van der Waals surface area contributed by atoms with E-state index in [4.69, 9.17) is 11.6 Å². The van der Waals surface area contributed by atoms with E-state index in [1.165, 1.54) is 16.7 Å². The molecule has 1 heterocycles. The van der Waals surface area contributed by atoms with Crippen LogP contribution in [0.4, 0.5) is 0 Å². The van der Waals surface area contributed by atoms with Gasteiger partial charge >= 0.3 is 0 Å². The molecule has 4 rings (SSSR count). The van der Waals surface area contributed by atoms with Crippen LogP contribution in [0.2, 0.25) is 5.02 Å². The van der Waals surface area contributed by atoms with Crippen LogP contribution < -0.4 is 0 Å². The molecule has 0 bridgehead atoms. The fourth-order valence-corrected chi connectivity index (χ4v) is 6.11. The lowest BCUT2D eigenvalue weighted by Crippen LogP contribution is -2.49. The predicted molar refractivity (Wildman–Crippen MR) is 126 cm³/mol. The average Bonchev–Trinajstić information content (AvgIpc) is 2.78. The standard InChI is InChI=1S/C25H27ClN2O2S/c1-19-11-13-22(14-12-19)25(21-7-4-3-5-8-21)27-15-17-28(18-16-27)31(29,30)24-10-6-9-23(26)20(24)2/h3-14,25H,15-18H2,1-2H3. The Bertz CT molecular complexity index is 1140. The lowest BCUT2D eigenvalue weighted by Gasteiger charge is -2.39. The van der Waals surface area contributed by atoms with Gasteiger partial charge in [0.05, 0.1) is 10.9 Å². The molecule has 1 saturated heterocycles. The maximum absolute atomic E-state index is 13.3. The van der Waals surface area contributed by atoms with Crippen molar-refractivity contribution in [2.75, 3.05) is 26.2 Å². The quantitative estimate of drug-likeness (QED) is 0.541. The van der Waals surface area contributed by atoms with E-state index in [2.05, 4.69) is 60.4 Å². The first-order valence-electron chi connectivity index (χ1n) is 10.5. The summed E-state index contributed by atoms with van der Waals surface area (Å²) in [7, 11) is -3.58. The maximum atomic E-state index is 13.3. The van der Waals surface area contributed by atoms with Crippen LogP contribution in [0, 0.1) is 13.8 Å². The van der Waals surface area contributed by atoms with Gasteiger partial charge in [-0.1, -0.05) is 77.8 Å². The third-order valence-corrected chi connectivity index (χ3v) is 8.44. The van der Waals surface area contributed by atoms with Crippen molar-refractivity contribution in [3.63, 3.8) is 0 Å². The van der Waals surface area contributed by atoms with Crippen molar-refractivity contribution < 1.29 is 8.42 Å². The molecule has 162 valence electrons. The molecular formula is C25H27ClN2O2S. The maximum Gasteiger partial charge on any atom is 0.243 e. The summed E-state index contributed by atoms with van der Waals surface area (Å²) in [5.41, 5.74) is 4.27. The normalized spacial score (nSPS) is 16.9. The lowest BCUT2D eigenvalue weighted by molar-refractivity contribution is 0.156. The molecule has 1 fully saturated rings. The third-order valence-electron chi connectivity index (χ3n) is 5.98. The Morgan fingerprint density at radius 1 is 0.774 bits per heavy atom. The highest BCUT2D eigenvalue weighted by Gasteiger charge is 2.33. The Morgan fingerprint density at radius 3 is 2.03 bits per heavy atom. The molecule has 0 radical (unpaired) electrons. The van der Waals surface area contributed by atoms with Gasteiger partial charge in [0.2, 0.25) is 10.0 Å². The van der Waals surface area contributed by atoms with Crippen LogP contribution in [0.25, 0.3) is 0 Å². The van der Waals surface area contributed by atoms with E-state index in [0.717, 1.165) is 0 Å². The molecule has 1 atom stereocenters. The molecule has 0 aliphatic carbocycles. The summed E-state index contributed by atoms with van der Waals surface area (Å²) >= 11 is 6.18. The Labute approximate surface area is 190 Å². The number of piperazine rings is 1. The number of rotatable bonds is 5. The van der Waals surface area contributed by atoms with Gasteiger partial charge in [-0.15, -0.1) is 0 Å². The van der Waals surface area contributed by atoms with Gasteiger partial charge in [-0.2, -0.15) is 4.31 Å². The molecule has 0 N–H and O–H groups in total. The zero-order valence-corrected chi connectivity index (χ0v) is 19.4. The number of benzene rings is 3. The van der Waals surface area contributed by atoms with Crippen molar-refractivity contribution in [3.05, 3.63) is 100 Å². The van der Waals surface area contributed by atoms with Crippen LogP contribution in [-0.2, 0) is 10.0 Å². The summed E-state index contributed by atoms with van der Waals surface area (Å²) in [5.74, 6) is 0. The SMILES string of the molecule is Cc1ccc(C(c2ccccc2)N2CCN(S(=O)(=O)c3cccc(Cl)c3C)CC2)cc1. The van der Waals surface area contributed by atoms with Gasteiger partial charge in [-0.25, -0.2) is 8.42 Å². The van der Waals surface area contributed by atoms with Gasteiger partial charge in [-0.05, 0) is 42.7 Å². The molecule has 1 aliphatic heterocycles. The Hall–Kier alpha value is -2.18. The topological polar surface area (TPSA) is 40.6 Å². The third kappa shape index (κ3) is 4.55.